The largest absolute Gasteiger partial charge is 0.504 e. The Bertz CT molecular complexity index is 642. The minimum Gasteiger partial charge on any atom is -0.504 e. The fourth-order valence-corrected chi connectivity index (χ4v) is 3.50. The molecule has 0 saturated carbocycles. The van der Waals surface area contributed by atoms with E-state index in [0.29, 0.717) is 19.8 Å². The highest BCUT2D eigenvalue weighted by Gasteiger charge is 2.36. The van der Waals surface area contributed by atoms with Crippen LogP contribution < -0.4 is 4.74 Å². The second-order valence-corrected chi connectivity index (χ2v) is 6.85. The van der Waals surface area contributed by atoms with Gasteiger partial charge in [0.2, 0.25) is 0 Å². The first kappa shape index (κ1) is 16.2. The molecule has 1 aliphatic rings. The summed E-state index contributed by atoms with van der Waals surface area (Å²) in [4.78, 5) is 25.6. The van der Waals surface area contributed by atoms with Gasteiger partial charge in [-0.15, -0.1) is 0 Å². The molecule has 0 atom stereocenters. The van der Waals surface area contributed by atoms with E-state index in [2.05, 4.69) is 0 Å². The monoisotopic (exact) mass is 419 g/mol. The van der Waals surface area contributed by atoms with Crippen molar-refractivity contribution in [3.05, 3.63) is 26.2 Å². The molecule has 1 aromatic carbocycles. The first-order valence-corrected chi connectivity index (χ1v) is 8.08. The molecule has 1 heterocycles. The van der Waals surface area contributed by atoms with Crippen LogP contribution in [0.2, 0.25) is 0 Å². The van der Waals surface area contributed by atoms with Gasteiger partial charge in [0.15, 0.2) is 11.5 Å². The Labute approximate surface area is 140 Å². The van der Waals surface area contributed by atoms with Crippen molar-refractivity contribution in [1.82, 2.24) is 4.90 Å². The Morgan fingerprint density at radius 1 is 1.38 bits per heavy atom. The summed E-state index contributed by atoms with van der Waals surface area (Å²) >= 11 is 2.90. The van der Waals surface area contributed by atoms with E-state index in [4.69, 9.17) is 4.74 Å². The van der Waals surface area contributed by atoms with E-state index in [9.17, 15) is 14.7 Å². The number of amides is 2. The van der Waals surface area contributed by atoms with Crippen LogP contribution in [0, 0.1) is 3.57 Å². The van der Waals surface area contributed by atoms with Gasteiger partial charge < -0.3 is 9.84 Å². The van der Waals surface area contributed by atoms with E-state index in [-0.39, 0.29) is 22.9 Å². The maximum absolute atomic E-state index is 12.2. The molecule has 1 fully saturated rings. The summed E-state index contributed by atoms with van der Waals surface area (Å²) in [5, 5.41) is 9.54. The fourth-order valence-electron chi connectivity index (χ4n) is 1.91. The molecule has 7 heteroatoms. The van der Waals surface area contributed by atoms with Gasteiger partial charge in [-0.05, 0) is 72.0 Å². The molecule has 0 aliphatic carbocycles. The summed E-state index contributed by atoms with van der Waals surface area (Å²) < 4.78 is 5.70. The van der Waals surface area contributed by atoms with Crippen molar-refractivity contribution in [2.75, 3.05) is 7.11 Å². The number of halogens is 1. The lowest BCUT2D eigenvalue weighted by molar-refractivity contribution is -0.123. The highest BCUT2D eigenvalue weighted by atomic mass is 127. The Morgan fingerprint density at radius 2 is 2.05 bits per heavy atom. The number of methoxy groups -OCH3 is 1. The molecular weight excluding hydrogens is 405 g/mol. The third kappa shape index (κ3) is 3.18. The summed E-state index contributed by atoms with van der Waals surface area (Å²) in [5.74, 6) is 0.101. The molecule has 1 saturated heterocycles. The van der Waals surface area contributed by atoms with Gasteiger partial charge in [-0.3, -0.25) is 14.5 Å². The van der Waals surface area contributed by atoms with E-state index in [0.717, 1.165) is 11.8 Å². The van der Waals surface area contributed by atoms with Crippen LogP contribution >= 0.6 is 34.4 Å². The number of thioether (sulfide) groups is 1. The fraction of sp³-hybridized carbons (Fsp3) is 0.286. The zero-order valence-corrected chi connectivity index (χ0v) is 14.7. The molecule has 2 amide bonds. The number of nitrogens with zero attached hydrogens (tertiary/aromatic N) is 1. The summed E-state index contributed by atoms with van der Waals surface area (Å²) in [6.45, 7) is 3.59. The van der Waals surface area contributed by atoms with Crippen LogP contribution in [0.3, 0.4) is 0 Å². The van der Waals surface area contributed by atoms with Gasteiger partial charge in [-0.25, -0.2) is 0 Å². The molecule has 0 radical (unpaired) electrons. The molecule has 21 heavy (non-hydrogen) atoms. The highest BCUT2D eigenvalue weighted by molar-refractivity contribution is 14.1. The number of ether oxygens (including phenoxy) is 1. The van der Waals surface area contributed by atoms with Crippen molar-refractivity contribution in [2.45, 2.75) is 19.9 Å². The standard InChI is InChI=1S/C14H14INO4S/c1-7(2)16-13(18)11(21-14(16)19)6-8-4-9(15)12(17)10(5-8)20-3/h4-7,17H,1-3H3/b11-6-. The first-order chi connectivity index (χ1) is 9.85. The van der Waals surface area contributed by atoms with E-state index in [1.165, 1.54) is 12.0 Å². The van der Waals surface area contributed by atoms with E-state index in [1.54, 1.807) is 32.1 Å². The maximum Gasteiger partial charge on any atom is 0.293 e. The summed E-state index contributed by atoms with van der Waals surface area (Å²) in [7, 11) is 1.46. The van der Waals surface area contributed by atoms with Crippen molar-refractivity contribution in [2.24, 2.45) is 0 Å². The molecule has 2 rings (SSSR count). The molecule has 0 unspecified atom stereocenters. The van der Waals surface area contributed by atoms with E-state index < -0.39 is 0 Å². The van der Waals surface area contributed by atoms with Crippen LogP contribution in [-0.4, -0.2) is 34.3 Å². The molecule has 5 nitrogen and oxygen atoms in total. The van der Waals surface area contributed by atoms with Crippen molar-refractivity contribution >= 4 is 51.6 Å². The minimum absolute atomic E-state index is 0.0607. The molecule has 0 aromatic heterocycles. The van der Waals surface area contributed by atoms with Crippen LogP contribution in [0.5, 0.6) is 11.5 Å². The third-order valence-electron chi connectivity index (χ3n) is 2.91. The number of hydrogen-bond donors (Lipinski definition) is 1. The lowest BCUT2D eigenvalue weighted by atomic mass is 10.2. The van der Waals surface area contributed by atoms with E-state index in [1.807, 2.05) is 22.6 Å². The average molecular weight is 419 g/mol. The summed E-state index contributed by atoms with van der Waals surface area (Å²) in [6, 6.07) is 3.18. The SMILES string of the molecule is COc1cc(/C=C2\SC(=O)N(C(C)C)C2=O)cc(I)c1O. The highest BCUT2D eigenvalue weighted by Crippen LogP contribution is 2.36. The van der Waals surface area contributed by atoms with Gasteiger partial charge >= 0.3 is 0 Å². The number of imide groups is 1. The topological polar surface area (TPSA) is 66.8 Å². The Morgan fingerprint density at radius 3 is 2.57 bits per heavy atom. The molecule has 0 spiro atoms. The summed E-state index contributed by atoms with van der Waals surface area (Å²) in [5.41, 5.74) is 0.698. The number of carbonyl (C=O) groups excluding carboxylic acids is 2. The van der Waals surface area contributed by atoms with Gasteiger partial charge in [-0.1, -0.05) is 0 Å². The smallest absolute Gasteiger partial charge is 0.293 e. The molecular formula is C14H14INO4S. The van der Waals surface area contributed by atoms with Crippen molar-refractivity contribution in [3.8, 4) is 11.5 Å². The third-order valence-corrected chi connectivity index (χ3v) is 4.61. The first-order valence-electron chi connectivity index (χ1n) is 6.18. The lowest BCUT2D eigenvalue weighted by Gasteiger charge is -2.16. The Kier molecular flexibility index (Phi) is 4.82. The zero-order valence-electron chi connectivity index (χ0n) is 11.7. The molecule has 1 aliphatic heterocycles. The molecule has 1 N–H and O–H groups in total. The van der Waals surface area contributed by atoms with Crippen LogP contribution in [0.25, 0.3) is 6.08 Å². The quantitative estimate of drug-likeness (QED) is 0.601. The molecule has 1 aromatic rings. The second kappa shape index (κ2) is 6.27. The van der Waals surface area contributed by atoms with Gasteiger partial charge in [0.05, 0.1) is 15.6 Å². The van der Waals surface area contributed by atoms with Gasteiger partial charge in [0, 0.05) is 6.04 Å². The van der Waals surface area contributed by atoms with Crippen LogP contribution in [0.4, 0.5) is 4.79 Å². The second-order valence-electron chi connectivity index (χ2n) is 4.70. The van der Waals surface area contributed by atoms with E-state index >= 15 is 0 Å². The number of carbonyl (C=O) groups is 2. The maximum atomic E-state index is 12.2. The van der Waals surface area contributed by atoms with Gasteiger partial charge in [0.25, 0.3) is 11.1 Å². The number of aromatic hydroxyl groups is 1. The van der Waals surface area contributed by atoms with Crippen molar-refractivity contribution in [3.63, 3.8) is 0 Å². The number of benzene rings is 1. The van der Waals surface area contributed by atoms with Crippen molar-refractivity contribution < 1.29 is 19.4 Å². The number of rotatable bonds is 3. The average Bonchev–Trinajstić information content (AvgIpc) is 2.68. The van der Waals surface area contributed by atoms with Gasteiger partial charge in [0.1, 0.15) is 0 Å². The normalized spacial score (nSPS) is 17.2. The number of phenolic OH excluding ortho intramolecular Hbond substituents is 1. The molecule has 0 bridgehead atoms. The zero-order chi connectivity index (χ0) is 15.7. The Hall–Kier alpha value is -1.22. The van der Waals surface area contributed by atoms with Crippen molar-refractivity contribution in [1.29, 1.82) is 0 Å². The predicted octanol–water partition coefficient (Wildman–Crippen LogP) is 3.45. The Balaban J connectivity index is 2.39. The summed E-state index contributed by atoms with van der Waals surface area (Å²) in [6.07, 6.45) is 1.64. The predicted molar refractivity (Wildman–Crippen MR) is 90.3 cm³/mol. The minimum atomic E-state index is -0.290. The van der Waals surface area contributed by atoms with Crippen LogP contribution in [-0.2, 0) is 4.79 Å². The van der Waals surface area contributed by atoms with Gasteiger partial charge in [-0.2, -0.15) is 0 Å². The lowest BCUT2D eigenvalue weighted by Crippen LogP contribution is -2.34. The van der Waals surface area contributed by atoms with Crippen LogP contribution in [0.15, 0.2) is 17.0 Å². The van der Waals surface area contributed by atoms with Crippen LogP contribution in [0.1, 0.15) is 19.4 Å². The molecule has 112 valence electrons. The number of phenols is 1. The number of hydrogen-bond acceptors (Lipinski definition) is 5.